The van der Waals surface area contributed by atoms with Crippen LogP contribution in [0.1, 0.15) is 43.4 Å². The molecule has 1 unspecified atom stereocenters. The van der Waals surface area contributed by atoms with E-state index in [9.17, 15) is 18.9 Å². The summed E-state index contributed by atoms with van der Waals surface area (Å²) < 4.78 is 30.2. The molecule has 220 valence electrons. The zero-order chi connectivity index (χ0) is 29.1. The molecule has 0 aliphatic carbocycles. The lowest BCUT2D eigenvalue weighted by atomic mass is 10.2. The fourth-order valence-electron chi connectivity index (χ4n) is 4.06. The van der Waals surface area contributed by atoms with Crippen LogP contribution in [0.25, 0.3) is 11.3 Å². The number of halogens is 1. The van der Waals surface area contributed by atoms with Crippen LogP contribution in [0.5, 0.6) is 0 Å². The Labute approximate surface area is 247 Å². The molecule has 1 fully saturated rings. The number of aromatic nitrogens is 1. The third-order valence-corrected chi connectivity index (χ3v) is 9.88. The highest BCUT2D eigenvalue weighted by atomic mass is 79.9. The predicted molar refractivity (Wildman–Crippen MR) is 157 cm³/mol. The van der Waals surface area contributed by atoms with Crippen molar-refractivity contribution in [3.05, 3.63) is 39.1 Å². The van der Waals surface area contributed by atoms with Gasteiger partial charge in [0.15, 0.2) is 5.01 Å². The third-order valence-electron chi connectivity index (χ3n) is 6.06. The number of thiazole rings is 1. The van der Waals surface area contributed by atoms with Crippen LogP contribution in [0.2, 0.25) is 0 Å². The average molecular weight is 660 g/mol. The van der Waals surface area contributed by atoms with Crippen molar-refractivity contribution in [2.75, 3.05) is 52.2 Å². The minimum absolute atomic E-state index is 0.116. The van der Waals surface area contributed by atoms with Crippen molar-refractivity contribution in [1.29, 1.82) is 0 Å². The Bertz CT molecular complexity index is 1180. The number of ether oxygens (including phenoxy) is 1. The first-order valence-electron chi connectivity index (χ1n) is 13.3. The lowest BCUT2D eigenvalue weighted by molar-refractivity contribution is -0.134. The zero-order valence-corrected chi connectivity index (χ0v) is 26.3. The molecular formula is C26H36BrN4O7PS. The molecule has 0 spiro atoms. The summed E-state index contributed by atoms with van der Waals surface area (Å²) in [5, 5.41) is 2.87. The van der Waals surface area contributed by atoms with Crippen LogP contribution in [0.15, 0.2) is 34.1 Å². The molecular weight excluding hydrogens is 623 g/mol. The molecule has 1 saturated heterocycles. The normalized spacial score (nSPS) is 14.6. The van der Waals surface area contributed by atoms with E-state index in [1.54, 1.807) is 18.7 Å². The second-order valence-electron chi connectivity index (χ2n) is 8.94. The second kappa shape index (κ2) is 15.6. The molecule has 0 saturated carbocycles. The molecule has 3 rings (SSSR count). The Kier molecular flexibility index (Phi) is 12.6. The summed E-state index contributed by atoms with van der Waals surface area (Å²) in [4.78, 5) is 46.8. The first-order chi connectivity index (χ1) is 19.2. The highest BCUT2D eigenvalue weighted by Crippen LogP contribution is 2.48. The molecule has 1 atom stereocenters. The number of amides is 3. The Morgan fingerprint density at radius 1 is 1.05 bits per heavy atom. The number of benzene rings is 1. The van der Waals surface area contributed by atoms with Gasteiger partial charge in [0.2, 0.25) is 5.91 Å². The first kappa shape index (κ1) is 32.2. The maximum atomic E-state index is 13.7. The van der Waals surface area contributed by atoms with Crippen molar-refractivity contribution in [3.63, 3.8) is 0 Å². The molecule has 1 N–H and O–H groups in total. The first-order valence-corrected chi connectivity index (χ1v) is 16.7. The molecule has 0 radical (unpaired) electrons. The largest absolute Gasteiger partial charge is 0.449 e. The van der Waals surface area contributed by atoms with Crippen molar-refractivity contribution in [2.45, 2.75) is 39.7 Å². The number of nitrogens with one attached hydrogen (secondary N) is 1. The molecule has 40 heavy (non-hydrogen) atoms. The van der Waals surface area contributed by atoms with Crippen molar-refractivity contribution < 1.29 is 32.7 Å². The zero-order valence-electron chi connectivity index (χ0n) is 23.0. The van der Waals surface area contributed by atoms with E-state index in [0.29, 0.717) is 16.1 Å². The number of rotatable bonds is 13. The predicted octanol–water partition coefficient (Wildman–Crippen LogP) is 5.02. The van der Waals surface area contributed by atoms with Gasteiger partial charge < -0.3 is 28.9 Å². The molecule has 2 heterocycles. The standard InChI is InChI=1S/C26H36BrN4O7PS/c1-4-7-17-36-26(34)31-15-13-30(14-16-31)25(33)20(18-39(35,37-5-2)38-6-3)28-23(32)24-29-21(22(27)40-24)19-11-9-8-10-12-19/h8-12,20H,4-7,13-18H2,1-3H3,(H,28,32). The quantitative estimate of drug-likeness (QED) is 0.235. The summed E-state index contributed by atoms with van der Waals surface area (Å²) in [5.41, 5.74) is 1.44. The molecule has 0 bridgehead atoms. The molecule has 1 aromatic heterocycles. The van der Waals surface area contributed by atoms with E-state index in [1.165, 1.54) is 4.90 Å². The van der Waals surface area contributed by atoms with Gasteiger partial charge in [0.25, 0.3) is 5.91 Å². The highest BCUT2D eigenvalue weighted by molar-refractivity contribution is 9.11. The summed E-state index contributed by atoms with van der Waals surface area (Å²) in [6.45, 7) is 7.00. The Hall–Kier alpha value is -2.31. The second-order valence-corrected chi connectivity index (χ2v) is 13.4. The number of hydrogen-bond acceptors (Lipinski definition) is 9. The Balaban J connectivity index is 1.76. The summed E-state index contributed by atoms with van der Waals surface area (Å²) >= 11 is 4.62. The third kappa shape index (κ3) is 8.84. The van der Waals surface area contributed by atoms with Crippen LogP contribution in [0.4, 0.5) is 4.79 Å². The van der Waals surface area contributed by atoms with Crippen LogP contribution < -0.4 is 5.32 Å². The molecule has 1 aliphatic rings. The van der Waals surface area contributed by atoms with Gasteiger partial charge in [0.1, 0.15) is 6.04 Å². The van der Waals surface area contributed by atoms with E-state index < -0.39 is 31.5 Å². The van der Waals surface area contributed by atoms with Gasteiger partial charge in [-0.05, 0) is 36.2 Å². The summed E-state index contributed by atoms with van der Waals surface area (Å²) in [5.74, 6) is -1.02. The van der Waals surface area contributed by atoms with Crippen LogP contribution in [-0.2, 0) is 23.1 Å². The van der Waals surface area contributed by atoms with Gasteiger partial charge in [0.05, 0.1) is 35.5 Å². The van der Waals surface area contributed by atoms with Gasteiger partial charge in [-0.2, -0.15) is 0 Å². The van der Waals surface area contributed by atoms with E-state index in [2.05, 4.69) is 26.2 Å². The summed E-state index contributed by atoms with van der Waals surface area (Å²) in [6.07, 6.45) is 0.956. The SMILES string of the molecule is CCCCOC(=O)N1CCN(C(=O)C(CP(=O)(OCC)OCC)NC(=O)c2nc(-c3ccccc3)c(Br)s2)CC1. The lowest BCUT2D eigenvalue weighted by Gasteiger charge is -2.36. The maximum absolute atomic E-state index is 13.7. The summed E-state index contributed by atoms with van der Waals surface area (Å²) in [6, 6.07) is 8.21. The lowest BCUT2D eigenvalue weighted by Crippen LogP contribution is -2.56. The fraction of sp³-hybridized carbons (Fsp3) is 0.538. The molecule has 3 amide bonds. The van der Waals surface area contributed by atoms with Crippen molar-refractivity contribution in [1.82, 2.24) is 20.1 Å². The van der Waals surface area contributed by atoms with E-state index in [4.69, 9.17) is 13.8 Å². The number of piperazine rings is 1. The van der Waals surface area contributed by atoms with Gasteiger partial charge in [-0.15, -0.1) is 11.3 Å². The van der Waals surface area contributed by atoms with Crippen LogP contribution in [0.3, 0.4) is 0 Å². The number of carbonyl (C=O) groups is 3. The van der Waals surface area contributed by atoms with Crippen LogP contribution >= 0.6 is 34.9 Å². The monoisotopic (exact) mass is 658 g/mol. The van der Waals surface area contributed by atoms with Crippen LogP contribution in [0, 0.1) is 0 Å². The minimum atomic E-state index is -3.70. The topological polar surface area (TPSA) is 127 Å². The maximum Gasteiger partial charge on any atom is 0.409 e. The molecule has 14 heteroatoms. The molecule has 11 nitrogen and oxygen atoms in total. The van der Waals surface area contributed by atoms with Gasteiger partial charge in [0, 0.05) is 31.7 Å². The molecule has 1 aliphatic heterocycles. The van der Waals surface area contributed by atoms with Crippen molar-refractivity contribution in [2.24, 2.45) is 0 Å². The molecule has 2 aromatic rings. The smallest absolute Gasteiger partial charge is 0.409 e. The Morgan fingerprint density at radius 3 is 2.27 bits per heavy atom. The highest BCUT2D eigenvalue weighted by Gasteiger charge is 2.37. The van der Waals surface area contributed by atoms with Gasteiger partial charge in [-0.3, -0.25) is 14.2 Å². The average Bonchev–Trinajstić information content (AvgIpc) is 3.35. The van der Waals surface area contributed by atoms with Crippen molar-refractivity contribution >= 4 is 52.8 Å². The molecule has 1 aromatic carbocycles. The van der Waals surface area contributed by atoms with E-state index in [1.807, 2.05) is 37.3 Å². The number of hydrogen-bond donors (Lipinski definition) is 1. The Morgan fingerprint density at radius 2 is 1.68 bits per heavy atom. The number of carbonyl (C=O) groups excluding carboxylic acids is 3. The van der Waals surface area contributed by atoms with Crippen LogP contribution in [-0.4, -0.2) is 90.9 Å². The van der Waals surface area contributed by atoms with Crippen molar-refractivity contribution in [3.8, 4) is 11.3 Å². The minimum Gasteiger partial charge on any atom is -0.449 e. The fourth-order valence-corrected chi connectivity index (χ4v) is 7.33. The van der Waals surface area contributed by atoms with Gasteiger partial charge in [-0.25, -0.2) is 9.78 Å². The van der Waals surface area contributed by atoms with Gasteiger partial charge in [-0.1, -0.05) is 43.7 Å². The van der Waals surface area contributed by atoms with E-state index in [-0.39, 0.29) is 50.6 Å². The number of nitrogens with zero attached hydrogens (tertiary/aromatic N) is 3. The number of unbranched alkanes of at least 4 members (excludes halogenated alkanes) is 1. The van der Waals surface area contributed by atoms with E-state index in [0.717, 1.165) is 29.7 Å². The summed E-state index contributed by atoms with van der Waals surface area (Å²) in [7, 11) is -3.70. The van der Waals surface area contributed by atoms with Gasteiger partial charge >= 0.3 is 13.7 Å². The van der Waals surface area contributed by atoms with E-state index >= 15 is 0 Å².